The zero-order chi connectivity index (χ0) is 28.5. The van der Waals surface area contributed by atoms with Crippen LogP contribution in [0.2, 0.25) is 0 Å². The van der Waals surface area contributed by atoms with Gasteiger partial charge in [0, 0.05) is 37.7 Å². The van der Waals surface area contributed by atoms with Crippen molar-refractivity contribution in [3.63, 3.8) is 0 Å². The number of hydrogen-bond donors (Lipinski definition) is 7. The number of rotatable bonds is 13. The molecule has 4 atom stereocenters. The molecule has 1 aliphatic heterocycles. The van der Waals surface area contributed by atoms with Gasteiger partial charge in [0.15, 0.2) is 0 Å². The Bertz CT molecular complexity index is 1170. The van der Waals surface area contributed by atoms with Crippen LogP contribution >= 0.6 is 0 Å². The maximum Gasteiger partial charge on any atom is 0.326 e. The summed E-state index contributed by atoms with van der Waals surface area (Å²) >= 11 is 0. The van der Waals surface area contributed by atoms with E-state index in [1.165, 1.54) is 29.6 Å². The summed E-state index contributed by atoms with van der Waals surface area (Å²) in [5, 5.41) is 24.3. The SMILES string of the molecule is NC(=O)CCC(NC(=O)C(N)Cc1cnc[nH]1)C(=O)NC(Cc1ccc(O)cc1)C(=O)N1CCCC1C(=O)O. The van der Waals surface area contributed by atoms with Crippen LogP contribution in [0.4, 0.5) is 0 Å². The number of primary amides is 1. The zero-order valence-corrected chi connectivity index (χ0v) is 21.2. The number of carboxylic acids is 1. The Labute approximate surface area is 224 Å². The molecule has 1 saturated heterocycles. The van der Waals surface area contributed by atoms with E-state index in [2.05, 4.69) is 20.6 Å². The summed E-state index contributed by atoms with van der Waals surface area (Å²) in [5.74, 6) is -3.85. The number of likely N-dealkylation sites (tertiary alicyclic amines) is 1. The Hall–Kier alpha value is -4.46. The van der Waals surface area contributed by atoms with Crippen LogP contribution in [0.15, 0.2) is 36.8 Å². The lowest BCUT2D eigenvalue weighted by Crippen LogP contribution is -2.58. The fourth-order valence-electron chi connectivity index (χ4n) is 4.39. The van der Waals surface area contributed by atoms with Crippen LogP contribution in [0.5, 0.6) is 5.75 Å². The lowest BCUT2D eigenvalue weighted by atomic mass is 10.0. The molecular weight excluding hydrogens is 510 g/mol. The molecule has 3 rings (SSSR count). The van der Waals surface area contributed by atoms with E-state index in [1.54, 1.807) is 12.1 Å². The minimum atomic E-state index is -1.25. The van der Waals surface area contributed by atoms with Crippen molar-refractivity contribution in [2.75, 3.05) is 6.54 Å². The van der Waals surface area contributed by atoms with Gasteiger partial charge < -0.3 is 42.2 Å². The van der Waals surface area contributed by atoms with Crippen LogP contribution in [0.3, 0.4) is 0 Å². The van der Waals surface area contributed by atoms with Gasteiger partial charge in [-0.15, -0.1) is 0 Å². The number of hydrogen-bond acceptors (Lipinski definition) is 8. The first kappa shape index (κ1) is 29.1. The monoisotopic (exact) mass is 543 g/mol. The largest absolute Gasteiger partial charge is 0.508 e. The van der Waals surface area contributed by atoms with Crippen LogP contribution in [0, 0.1) is 0 Å². The Morgan fingerprint density at radius 1 is 1.08 bits per heavy atom. The molecule has 210 valence electrons. The van der Waals surface area contributed by atoms with Gasteiger partial charge in [0.25, 0.3) is 0 Å². The van der Waals surface area contributed by atoms with Gasteiger partial charge in [-0.1, -0.05) is 12.1 Å². The van der Waals surface area contributed by atoms with Crippen LogP contribution in [-0.2, 0) is 36.8 Å². The molecule has 1 aliphatic rings. The number of imidazole rings is 1. The number of benzene rings is 1. The predicted molar refractivity (Wildman–Crippen MR) is 137 cm³/mol. The normalized spacial score (nSPS) is 17.2. The summed E-state index contributed by atoms with van der Waals surface area (Å²) in [6.45, 7) is 0.210. The second kappa shape index (κ2) is 13.4. The quantitative estimate of drug-likeness (QED) is 0.156. The highest BCUT2D eigenvalue weighted by Gasteiger charge is 2.38. The number of phenols is 1. The van der Waals surface area contributed by atoms with Gasteiger partial charge in [-0.2, -0.15) is 0 Å². The first-order chi connectivity index (χ1) is 18.5. The van der Waals surface area contributed by atoms with Crippen LogP contribution < -0.4 is 22.1 Å². The molecular formula is C25H33N7O7. The number of aliphatic carboxylic acids is 1. The summed E-state index contributed by atoms with van der Waals surface area (Å²) < 4.78 is 0. The number of nitrogens with two attached hydrogens (primary N) is 2. The fraction of sp³-hybridized carbons (Fsp3) is 0.440. The minimum Gasteiger partial charge on any atom is -0.508 e. The van der Waals surface area contributed by atoms with Gasteiger partial charge in [-0.05, 0) is 37.0 Å². The summed E-state index contributed by atoms with van der Waals surface area (Å²) in [6.07, 6.45) is 3.45. The average molecular weight is 544 g/mol. The van der Waals surface area contributed by atoms with Crippen molar-refractivity contribution in [3.8, 4) is 5.75 Å². The van der Waals surface area contributed by atoms with Crippen molar-refractivity contribution >= 4 is 29.6 Å². The molecule has 0 spiro atoms. The van der Waals surface area contributed by atoms with Gasteiger partial charge >= 0.3 is 5.97 Å². The number of carbonyl (C=O) groups excluding carboxylic acids is 4. The maximum absolute atomic E-state index is 13.5. The molecule has 14 heteroatoms. The van der Waals surface area contributed by atoms with E-state index in [0.29, 0.717) is 17.7 Å². The van der Waals surface area contributed by atoms with Crippen LogP contribution in [-0.4, -0.2) is 85.4 Å². The number of aromatic amines is 1. The zero-order valence-electron chi connectivity index (χ0n) is 21.2. The summed E-state index contributed by atoms with van der Waals surface area (Å²) in [4.78, 5) is 70.6. The molecule has 0 radical (unpaired) electrons. The Morgan fingerprint density at radius 3 is 2.38 bits per heavy atom. The molecule has 14 nitrogen and oxygen atoms in total. The molecule has 2 aromatic rings. The highest BCUT2D eigenvalue weighted by atomic mass is 16.4. The highest BCUT2D eigenvalue weighted by Crippen LogP contribution is 2.20. The Morgan fingerprint density at radius 2 is 1.77 bits per heavy atom. The van der Waals surface area contributed by atoms with E-state index in [4.69, 9.17) is 11.5 Å². The third-order valence-electron chi connectivity index (χ3n) is 6.46. The molecule has 2 heterocycles. The van der Waals surface area contributed by atoms with Crippen molar-refractivity contribution in [3.05, 3.63) is 48.0 Å². The third kappa shape index (κ3) is 8.26. The minimum absolute atomic E-state index is 0.0104. The summed E-state index contributed by atoms with van der Waals surface area (Å²) in [6, 6.07) is 1.49. The Balaban J connectivity index is 1.79. The van der Waals surface area contributed by atoms with E-state index in [1.807, 2.05) is 0 Å². The topological polar surface area (TPSA) is 234 Å². The summed E-state index contributed by atoms with van der Waals surface area (Å²) in [7, 11) is 0. The standard InChI is InChI=1S/C25H33N7O7/c26-17(11-15-12-28-13-29-15)22(35)30-18(7-8-21(27)34)23(36)31-19(10-14-3-5-16(33)6-4-14)24(37)32-9-1-2-20(32)25(38)39/h3-6,12-13,17-20,33H,1-2,7-11,26H2,(H2,27,34)(H,28,29)(H,30,35)(H,31,36)(H,38,39). The Kier molecular flexibility index (Phi) is 9.98. The van der Waals surface area contributed by atoms with E-state index in [0.717, 1.165) is 0 Å². The van der Waals surface area contributed by atoms with Crippen LogP contribution in [0.1, 0.15) is 36.9 Å². The highest BCUT2D eigenvalue weighted by molar-refractivity contribution is 5.94. The van der Waals surface area contributed by atoms with Crippen molar-refractivity contribution in [2.24, 2.45) is 11.5 Å². The van der Waals surface area contributed by atoms with Crippen molar-refractivity contribution in [1.82, 2.24) is 25.5 Å². The van der Waals surface area contributed by atoms with Gasteiger partial charge in [0.2, 0.25) is 23.6 Å². The number of nitrogens with zero attached hydrogens (tertiary/aromatic N) is 2. The molecule has 4 unspecified atom stereocenters. The first-order valence-electron chi connectivity index (χ1n) is 12.5. The molecule has 0 bridgehead atoms. The number of carbonyl (C=O) groups is 5. The number of carboxylic acid groups (broad SMARTS) is 1. The molecule has 0 aliphatic carbocycles. The number of phenolic OH excluding ortho intramolecular Hbond substituents is 1. The number of aromatic hydroxyl groups is 1. The molecule has 39 heavy (non-hydrogen) atoms. The predicted octanol–water partition coefficient (Wildman–Crippen LogP) is -1.46. The summed E-state index contributed by atoms with van der Waals surface area (Å²) in [5.41, 5.74) is 12.4. The van der Waals surface area contributed by atoms with Gasteiger partial charge in [-0.3, -0.25) is 19.2 Å². The molecule has 1 aromatic carbocycles. The van der Waals surface area contributed by atoms with Crippen molar-refractivity contribution in [1.29, 1.82) is 0 Å². The average Bonchev–Trinajstić information content (AvgIpc) is 3.59. The molecule has 0 saturated carbocycles. The number of amides is 4. The van der Waals surface area contributed by atoms with Crippen molar-refractivity contribution in [2.45, 2.75) is 62.7 Å². The van der Waals surface area contributed by atoms with E-state index in [-0.39, 0.29) is 44.4 Å². The number of H-pyrrole nitrogens is 1. The molecule has 9 N–H and O–H groups in total. The number of nitrogens with one attached hydrogen (secondary N) is 3. The van der Waals surface area contributed by atoms with E-state index < -0.39 is 53.8 Å². The maximum atomic E-state index is 13.5. The van der Waals surface area contributed by atoms with Crippen molar-refractivity contribution < 1.29 is 34.2 Å². The third-order valence-corrected chi connectivity index (χ3v) is 6.46. The lowest BCUT2D eigenvalue weighted by molar-refractivity contribution is -0.149. The molecule has 4 amide bonds. The molecule has 1 fully saturated rings. The fourth-order valence-corrected chi connectivity index (χ4v) is 4.39. The number of aromatic nitrogens is 2. The van der Waals surface area contributed by atoms with E-state index in [9.17, 15) is 34.2 Å². The lowest BCUT2D eigenvalue weighted by Gasteiger charge is -2.29. The first-order valence-corrected chi connectivity index (χ1v) is 12.5. The second-order valence-corrected chi connectivity index (χ2v) is 9.41. The van der Waals surface area contributed by atoms with Crippen LogP contribution in [0.25, 0.3) is 0 Å². The van der Waals surface area contributed by atoms with Gasteiger partial charge in [0.05, 0.1) is 12.4 Å². The van der Waals surface area contributed by atoms with Gasteiger partial charge in [-0.25, -0.2) is 9.78 Å². The smallest absolute Gasteiger partial charge is 0.326 e. The van der Waals surface area contributed by atoms with Gasteiger partial charge in [0.1, 0.15) is 23.9 Å². The second-order valence-electron chi connectivity index (χ2n) is 9.41. The van der Waals surface area contributed by atoms with E-state index >= 15 is 0 Å². The molecule has 1 aromatic heterocycles.